The standard InChI is InChI=1S/C21H28N4O5/c1-14-7-5-6-10-21(14)19(28)25(20(29)24-21)13-17(26)23-16-9-4-3-8-15(16)18(27)22-11-12-30-2/h3-4,8-9,14H,5-7,10-13H2,1-2H3,(H,22,27)(H,23,26)(H,24,29). The molecule has 3 N–H and O–H groups in total. The third-order valence-corrected chi connectivity index (χ3v) is 5.84. The Morgan fingerprint density at radius 2 is 2.03 bits per heavy atom. The van der Waals surface area contributed by atoms with Gasteiger partial charge in [-0.05, 0) is 30.9 Å². The number of ether oxygens (including phenoxy) is 1. The summed E-state index contributed by atoms with van der Waals surface area (Å²) in [6, 6.07) is 6.01. The minimum absolute atomic E-state index is 0.0206. The minimum atomic E-state index is -0.908. The van der Waals surface area contributed by atoms with Crippen LogP contribution in [0.5, 0.6) is 0 Å². The van der Waals surface area contributed by atoms with Crippen molar-refractivity contribution in [3.63, 3.8) is 0 Å². The van der Waals surface area contributed by atoms with Crippen LogP contribution < -0.4 is 16.0 Å². The van der Waals surface area contributed by atoms with Gasteiger partial charge in [-0.2, -0.15) is 0 Å². The number of benzene rings is 1. The summed E-state index contributed by atoms with van der Waals surface area (Å²) >= 11 is 0. The van der Waals surface area contributed by atoms with Gasteiger partial charge in [-0.1, -0.05) is 31.9 Å². The first-order valence-corrected chi connectivity index (χ1v) is 10.2. The second-order valence-electron chi connectivity index (χ2n) is 7.78. The number of para-hydroxylation sites is 1. The van der Waals surface area contributed by atoms with Crippen molar-refractivity contribution in [3.8, 4) is 0 Å². The van der Waals surface area contributed by atoms with Crippen molar-refractivity contribution in [3.05, 3.63) is 29.8 Å². The third-order valence-electron chi connectivity index (χ3n) is 5.84. The largest absolute Gasteiger partial charge is 0.383 e. The second-order valence-corrected chi connectivity index (χ2v) is 7.78. The molecule has 0 aromatic heterocycles. The molecule has 1 aromatic rings. The first-order valence-electron chi connectivity index (χ1n) is 10.2. The molecule has 1 aliphatic heterocycles. The van der Waals surface area contributed by atoms with Crippen molar-refractivity contribution in [1.29, 1.82) is 0 Å². The van der Waals surface area contributed by atoms with Crippen molar-refractivity contribution in [1.82, 2.24) is 15.5 Å². The van der Waals surface area contributed by atoms with Gasteiger partial charge in [-0.15, -0.1) is 0 Å². The summed E-state index contributed by atoms with van der Waals surface area (Å²) in [7, 11) is 1.54. The van der Waals surface area contributed by atoms with Crippen LogP contribution in [-0.2, 0) is 14.3 Å². The van der Waals surface area contributed by atoms with Gasteiger partial charge in [0, 0.05) is 13.7 Å². The number of hydrogen-bond acceptors (Lipinski definition) is 5. The lowest BCUT2D eigenvalue weighted by Gasteiger charge is -2.36. The number of amides is 5. The summed E-state index contributed by atoms with van der Waals surface area (Å²) in [5, 5.41) is 8.18. The predicted octanol–water partition coefficient (Wildman–Crippen LogP) is 1.50. The molecule has 1 spiro atoms. The third kappa shape index (κ3) is 4.30. The highest BCUT2D eigenvalue weighted by Gasteiger charge is 2.55. The maximum absolute atomic E-state index is 13.0. The van der Waals surface area contributed by atoms with Gasteiger partial charge in [0.15, 0.2) is 0 Å². The van der Waals surface area contributed by atoms with Crippen LogP contribution in [0.2, 0.25) is 0 Å². The van der Waals surface area contributed by atoms with Gasteiger partial charge in [0.1, 0.15) is 12.1 Å². The highest BCUT2D eigenvalue weighted by atomic mass is 16.5. The molecule has 1 aliphatic carbocycles. The molecule has 1 saturated heterocycles. The normalized spacial score (nSPS) is 23.4. The van der Waals surface area contributed by atoms with E-state index < -0.39 is 24.0 Å². The second kappa shape index (κ2) is 9.25. The molecule has 30 heavy (non-hydrogen) atoms. The number of nitrogens with one attached hydrogen (secondary N) is 3. The lowest BCUT2D eigenvalue weighted by Crippen LogP contribution is -2.54. The van der Waals surface area contributed by atoms with Gasteiger partial charge in [0.25, 0.3) is 11.8 Å². The SMILES string of the molecule is COCCNC(=O)c1ccccc1NC(=O)CN1C(=O)NC2(CCCCC2C)C1=O. The van der Waals surface area contributed by atoms with E-state index in [-0.39, 0.29) is 23.3 Å². The summed E-state index contributed by atoms with van der Waals surface area (Å²) in [5.41, 5.74) is -0.309. The molecule has 2 unspecified atom stereocenters. The summed E-state index contributed by atoms with van der Waals surface area (Å²) in [5.74, 6) is -1.23. The maximum atomic E-state index is 13.0. The Hall–Kier alpha value is -2.94. The van der Waals surface area contributed by atoms with Gasteiger partial charge < -0.3 is 20.7 Å². The molecular formula is C21H28N4O5. The lowest BCUT2D eigenvalue weighted by atomic mass is 9.73. The van der Waals surface area contributed by atoms with Crippen LogP contribution in [-0.4, -0.2) is 61.0 Å². The maximum Gasteiger partial charge on any atom is 0.325 e. The van der Waals surface area contributed by atoms with Gasteiger partial charge in [-0.3, -0.25) is 19.3 Å². The van der Waals surface area contributed by atoms with Crippen LogP contribution in [0, 0.1) is 5.92 Å². The molecule has 2 atom stereocenters. The summed E-state index contributed by atoms with van der Waals surface area (Å²) in [6.45, 7) is 2.26. The molecule has 5 amide bonds. The Bertz CT molecular complexity index is 842. The highest BCUT2D eigenvalue weighted by Crippen LogP contribution is 2.38. The molecule has 2 fully saturated rings. The van der Waals surface area contributed by atoms with Crippen molar-refractivity contribution in [2.45, 2.75) is 38.1 Å². The predicted molar refractivity (Wildman–Crippen MR) is 110 cm³/mol. The molecule has 0 bridgehead atoms. The van der Waals surface area contributed by atoms with E-state index in [1.807, 2.05) is 6.92 Å². The zero-order valence-electron chi connectivity index (χ0n) is 17.3. The summed E-state index contributed by atoms with van der Waals surface area (Å²) in [6.07, 6.45) is 3.33. The fourth-order valence-corrected chi connectivity index (χ4v) is 4.12. The fourth-order valence-electron chi connectivity index (χ4n) is 4.12. The van der Waals surface area contributed by atoms with E-state index in [0.717, 1.165) is 24.2 Å². The molecule has 162 valence electrons. The van der Waals surface area contributed by atoms with Crippen LogP contribution in [0.3, 0.4) is 0 Å². The van der Waals surface area contributed by atoms with E-state index in [4.69, 9.17) is 4.74 Å². The number of methoxy groups -OCH3 is 1. The number of urea groups is 1. The highest BCUT2D eigenvalue weighted by molar-refractivity contribution is 6.11. The van der Waals surface area contributed by atoms with E-state index in [1.54, 1.807) is 24.3 Å². The van der Waals surface area contributed by atoms with Crippen LogP contribution in [0.25, 0.3) is 0 Å². The first-order chi connectivity index (χ1) is 14.4. The lowest BCUT2D eigenvalue weighted by molar-refractivity contribution is -0.136. The Morgan fingerprint density at radius 1 is 1.27 bits per heavy atom. The van der Waals surface area contributed by atoms with E-state index >= 15 is 0 Å². The minimum Gasteiger partial charge on any atom is -0.383 e. The smallest absolute Gasteiger partial charge is 0.325 e. The van der Waals surface area contributed by atoms with Gasteiger partial charge in [0.2, 0.25) is 5.91 Å². The van der Waals surface area contributed by atoms with Crippen molar-refractivity contribution < 1.29 is 23.9 Å². The van der Waals surface area contributed by atoms with Crippen LogP contribution in [0.1, 0.15) is 43.0 Å². The molecule has 1 aromatic carbocycles. The zero-order chi connectivity index (χ0) is 21.7. The quantitative estimate of drug-likeness (QED) is 0.460. The average Bonchev–Trinajstić information content (AvgIpc) is 2.95. The Balaban J connectivity index is 1.67. The Kier molecular flexibility index (Phi) is 6.71. The van der Waals surface area contributed by atoms with Crippen LogP contribution >= 0.6 is 0 Å². The molecular weight excluding hydrogens is 388 g/mol. The first kappa shape index (κ1) is 21.8. The fraction of sp³-hybridized carbons (Fsp3) is 0.524. The average molecular weight is 416 g/mol. The number of carbonyl (C=O) groups excluding carboxylic acids is 4. The number of anilines is 1. The zero-order valence-corrected chi connectivity index (χ0v) is 17.3. The van der Waals surface area contributed by atoms with Gasteiger partial charge >= 0.3 is 6.03 Å². The molecule has 1 saturated carbocycles. The summed E-state index contributed by atoms with van der Waals surface area (Å²) in [4.78, 5) is 51.4. The van der Waals surface area contributed by atoms with Crippen molar-refractivity contribution in [2.24, 2.45) is 5.92 Å². The number of rotatable bonds is 7. The van der Waals surface area contributed by atoms with E-state index in [2.05, 4.69) is 16.0 Å². The van der Waals surface area contributed by atoms with E-state index in [9.17, 15) is 19.2 Å². The van der Waals surface area contributed by atoms with Crippen LogP contribution in [0.15, 0.2) is 24.3 Å². The number of imide groups is 1. The van der Waals surface area contributed by atoms with Crippen LogP contribution in [0.4, 0.5) is 10.5 Å². The molecule has 0 radical (unpaired) electrons. The molecule has 1 heterocycles. The topological polar surface area (TPSA) is 117 Å². The molecule has 2 aliphatic rings. The Morgan fingerprint density at radius 3 is 2.77 bits per heavy atom. The molecule has 3 rings (SSSR count). The number of hydrogen-bond donors (Lipinski definition) is 3. The summed E-state index contributed by atoms with van der Waals surface area (Å²) < 4.78 is 4.91. The molecule has 9 heteroatoms. The number of carbonyl (C=O) groups is 4. The van der Waals surface area contributed by atoms with Crippen molar-refractivity contribution >= 4 is 29.4 Å². The van der Waals surface area contributed by atoms with Gasteiger partial charge in [0.05, 0.1) is 17.9 Å². The monoisotopic (exact) mass is 416 g/mol. The Labute approximate surface area is 175 Å². The number of nitrogens with zero attached hydrogens (tertiary/aromatic N) is 1. The van der Waals surface area contributed by atoms with Crippen molar-refractivity contribution in [2.75, 3.05) is 32.1 Å². The van der Waals surface area contributed by atoms with Gasteiger partial charge in [-0.25, -0.2) is 4.79 Å². The molecule has 9 nitrogen and oxygen atoms in total. The van der Waals surface area contributed by atoms with E-state index in [1.165, 1.54) is 7.11 Å². The van der Waals surface area contributed by atoms with E-state index in [0.29, 0.717) is 25.3 Å².